The molecule has 0 fully saturated rings. The molecule has 0 bridgehead atoms. The van der Waals surface area contributed by atoms with Crippen molar-refractivity contribution in [1.29, 1.82) is 0 Å². The molecular weight excluding hydrogens is 577 g/mol. The summed E-state index contributed by atoms with van der Waals surface area (Å²) in [6.45, 7) is 7.73. The van der Waals surface area contributed by atoms with Crippen LogP contribution in [0.4, 0.5) is 22.7 Å². The number of nitrogens with zero attached hydrogens (tertiary/aromatic N) is 4. The van der Waals surface area contributed by atoms with E-state index >= 15 is 0 Å². The van der Waals surface area contributed by atoms with Crippen LogP contribution < -0.4 is 10.0 Å². The van der Waals surface area contributed by atoms with Crippen LogP contribution in [0, 0.1) is 0 Å². The summed E-state index contributed by atoms with van der Waals surface area (Å²) in [4.78, 5) is 4.53. The molecule has 6 heteroatoms. The summed E-state index contributed by atoms with van der Waals surface area (Å²) in [7, 11) is 0. The lowest BCUT2D eigenvalue weighted by molar-refractivity contribution is 1.09. The lowest BCUT2D eigenvalue weighted by Crippen LogP contribution is -2.09. The van der Waals surface area contributed by atoms with Gasteiger partial charge in [-0.1, -0.05) is 86.0 Å². The van der Waals surface area contributed by atoms with Gasteiger partial charge < -0.3 is 0 Å². The Morgan fingerprint density at radius 3 is 1.16 bits per heavy atom. The fraction of sp³-hybridized carbons (Fsp3) is 0. The second kappa shape index (κ2) is 13.8. The van der Waals surface area contributed by atoms with Crippen molar-refractivity contribution in [3.8, 4) is 9.75 Å². The molecule has 0 spiro atoms. The van der Waals surface area contributed by atoms with Crippen LogP contribution in [-0.4, -0.2) is 12.4 Å². The number of hydrogen-bond acceptors (Lipinski definition) is 6. The molecule has 0 amide bonds. The van der Waals surface area contributed by atoms with Crippen LogP contribution in [0.3, 0.4) is 0 Å². The molecule has 6 rings (SSSR count). The number of rotatable bonds is 11. The lowest BCUT2D eigenvalue weighted by atomic mass is 10.2. The summed E-state index contributed by atoms with van der Waals surface area (Å²) in [5.74, 6) is 0. The van der Waals surface area contributed by atoms with Crippen molar-refractivity contribution in [2.75, 3.05) is 10.0 Å². The van der Waals surface area contributed by atoms with Gasteiger partial charge in [-0.3, -0.25) is 0 Å². The van der Waals surface area contributed by atoms with Crippen molar-refractivity contribution < 1.29 is 0 Å². The molecule has 0 aliphatic heterocycles. The van der Waals surface area contributed by atoms with E-state index in [0.29, 0.717) is 0 Å². The molecular formula is C38H30N4S2. The van der Waals surface area contributed by atoms with Gasteiger partial charge in [-0.05, 0) is 83.9 Å². The Bertz CT molecular complexity index is 1740. The van der Waals surface area contributed by atoms with E-state index in [2.05, 4.69) is 86.0 Å². The first-order chi connectivity index (χ1) is 21.7. The third-order valence-electron chi connectivity index (χ3n) is 6.85. The van der Waals surface area contributed by atoms with Crippen LogP contribution in [0.25, 0.3) is 21.9 Å². The van der Waals surface area contributed by atoms with E-state index < -0.39 is 0 Å². The van der Waals surface area contributed by atoms with Crippen molar-refractivity contribution in [1.82, 2.24) is 0 Å². The molecule has 6 aromatic rings. The minimum absolute atomic E-state index is 0.984. The van der Waals surface area contributed by atoms with Gasteiger partial charge in [0.15, 0.2) is 0 Å². The van der Waals surface area contributed by atoms with E-state index in [1.165, 1.54) is 9.75 Å². The SMILES string of the molecule is C=Cc1ccc(N(/N=C/c2ccc(-c3ccc(/C=N/N(c4ccccc4)c4ccc(C=C)cc4)s3)s2)c2ccccc2)cc1. The Hall–Kier alpha value is -5.30. The zero-order valence-corrected chi connectivity index (χ0v) is 25.7. The van der Waals surface area contributed by atoms with Crippen molar-refractivity contribution in [3.63, 3.8) is 0 Å². The highest BCUT2D eigenvalue weighted by Crippen LogP contribution is 2.34. The lowest BCUT2D eigenvalue weighted by Gasteiger charge is -2.19. The van der Waals surface area contributed by atoms with E-state index in [9.17, 15) is 0 Å². The molecule has 0 aliphatic carbocycles. The predicted octanol–water partition coefficient (Wildman–Crippen LogP) is 11.1. The van der Waals surface area contributed by atoms with Gasteiger partial charge in [0.1, 0.15) is 0 Å². The maximum atomic E-state index is 4.88. The van der Waals surface area contributed by atoms with Crippen LogP contribution in [0.15, 0.2) is 157 Å². The highest BCUT2D eigenvalue weighted by molar-refractivity contribution is 7.23. The Labute approximate surface area is 266 Å². The topological polar surface area (TPSA) is 31.2 Å². The van der Waals surface area contributed by atoms with Crippen molar-refractivity contribution in [3.05, 3.63) is 167 Å². The molecule has 0 unspecified atom stereocenters. The normalized spacial score (nSPS) is 11.2. The maximum Gasteiger partial charge on any atom is 0.0653 e. The Morgan fingerprint density at radius 1 is 0.432 bits per heavy atom. The molecule has 4 nitrogen and oxygen atoms in total. The van der Waals surface area contributed by atoms with E-state index in [1.54, 1.807) is 22.7 Å². The smallest absolute Gasteiger partial charge is 0.0653 e. The van der Waals surface area contributed by atoms with E-state index in [-0.39, 0.29) is 0 Å². The quantitative estimate of drug-likeness (QED) is 0.108. The maximum absolute atomic E-state index is 4.88. The summed E-state index contributed by atoms with van der Waals surface area (Å²) in [5.41, 5.74) is 6.11. The first-order valence-corrected chi connectivity index (χ1v) is 15.8. The van der Waals surface area contributed by atoms with E-state index in [4.69, 9.17) is 10.2 Å². The molecule has 0 radical (unpaired) electrons. The van der Waals surface area contributed by atoms with Gasteiger partial charge in [-0.2, -0.15) is 10.2 Å². The fourth-order valence-electron chi connectivity index (χ4n) is 4.54. The molecule has 44 heavy (non-hydrogen) atoms. The Balaban J connectivity index is 1.21. The van der Waals surface area contributed by atoms with E-state index in [0.717, 1.165) is 43.6 Å². The van der Waals surface area contributed by atoms with Gasteiger partial charge in [0.05, 0.1) is 35.2 Å². The van der Waals surface area contributed by atoms with Crippen molar-refractivity contribution >= 4 is 70.0 Å². The van der Waals surface area contributed by atoms with Crippen LogP contribution in [0.2, 0.25) is 0 Å². The largest absolute Gasteiger partial charge is 0.234 e. The molecule has 214 valence electrons. The van der Waals surface area contributed by atoms with Gasteiger partial charge in [0.2, 0.25) is 0 Å². The number of thiophene rings is 2. The highest BCUT2D eigenvalue weighted by atomic mass is 32.1. The number of anilines is 4. The zero-order valence-electron chi connectivity index (χ0n) is 24.0. The third kappa shape index (κ3) is 6.84. The zero-order chi connectivity index (χ0) is 30.1. The molecule has 0 atom stereocenters. The van der Waals surface area contributed by atoms with Gasteiger partial charge in [0, 0.05) is 19.5 Å². The van der Waals surface area contributed by atoms with Crippen LogP contribution in [-0.2, 0) is 0 Å². The fourth-order valence-corrected chi connectivity index (χ4v) is 6.38. The number of hydrogen-bond donors (Lipinski definition) is 0. The van der Waals surface area contributed by atoms with Crippen molar-refractivity contribution in [2.24, 2.45) is 10.2 Å². The second-order valence-corrected chi connectivity index (χ2v) is 12.0. The summed E-state index contributed by atoms with van der Waals surface area (Å²) in [5, 5.41) is 13.7. The summed E-state index contributed by atoms with van der Waals surface area (Å²) < 4.78 is 0. The van der Waals surface area contributed by atoms with E-state index in [1.807, 2.05) is 95.3 Å². The molecule has 0 saturated carbocycles. The minimum atomic E-state index is 0.984. The molecule has 0 N–H and O–H groups in total. The third-order valence-corrected chi connectivity index (χ3v) is 9.08. The van der Waals surface area contributed by atoms with Gasteiger partial charge in [-0.25, -0.2) is 10.0 Å². The van der Waals surface area contributed by atoms with Crippen LogP contribution in [0.5, 0.6) is 0 Å². The Kier molecular flexibility index (Phi) is 9.02. The number of para-hydroxylation sites is 2. The molecule has 0 aliphatic rings. The predicted molar refractivity (Wildman–Crippen MR) is 193 cm³/mol. The van der Waals surface area contributed by atoms with Gasteiger partial charge >= 0.3 is 0 Å². The number of benzene rings is 4. The first kappa shape index (κ1) is 28.8. The monoisotopic (exact) mass is 606 g/mol. The summed E-state index contributed by atoms with van der Waals surface area (Å²) in [6.07, 6.45) is 7.54. The summed E-state index contributed by atoms with van der Waals surface area (Å²) >= 11 is 3.44. The van der Waals surface area contributed by atoms with Gasteiger partial charge in [0.25, 0.3) is 0 Å². The first-order valence-electron chi connectivity index (χ1n) is 14.1. The Morgan fingerprint density at radius 2 is 0.795 bits per heavy atom. The van der Waals surface area contributed by atoms with Crippen LogP contribution >= 0.6 is 22.7 Å². The van der Waals surface area contributed by atoms with Crippen molar-refractivity contribution in [2.45, 2.75) is 0 Å². The molecule has 0 saturated heterocycles. The molecule has 2 aromatic heterocycles. The highest BCUT2D eigenvalue weighted by Gasteiger charge is 2.11. The second-order valence-electron chi connectivity index (χ2n) is 9.78. The standard InChI is InChI=1S/C38H30N4S2/c1-3-29-15-19-33(20-16-29)41(31-11-7-5-8-12-31)39-27-35-23-25-37(43-35)38-26-24-36(44-38)28-40-42(32-13-9-6-10-14-32)34-21-17-30(4-2)18-22-34/h3-28H,1-2H2/b39-27+,40-28+. The van der Waals surface area contributed by atoms with Gasteiger partial charge in [-0.15, -0.1) is 22.7 Å². The molecule has 2 heterocycles. The average molecular weight is 607 g/mol. The minimum Gasteiger partial charge on any atom is -0.234 e. The molecule has 4 aromatic carbocycles. The van der Waals surface area contributed by atoms with Crippen LogP contribution in [0.1, 0.15) is 20.9 Å². The summed E-state index contributed by atoms with van der Waals surface area (Å²) in [6, 6.07) is 45.3. The number of hydrazone groups is 2. The average Bonchev–Trinajstić information content (AvgIpc) is 3.77.